The third-order valence-electron chi connectivity index (χ3n) is 2.08. The van der Waals surface area contributed by atoms with E-state index in [1.165, 1.54) is 12.0 Å². The van der Waals surface area contributed by atoms with Crippen molar-refractivity contribution in [2.75, 3.05) is 6.54 Å². The topological polar surface area (TPSA) is 48.8 Å². The minimum atomic E-state index is 0.410. The summed E-state index contributed by atoms with van der Waals surface area (Å²) in [6.45, 7) is 2.58. The minimum Gasteiger partial charge on any atom is -0.0899 e. The van der Waals surface area contributed by atoms with Crippen molar-refractivity contribution in [2.24, 2.45) is 5.11 Å². The zero-order valence-corrected chi connectivity index (χ0v) is 8.93. The van der Waals surface area contributed by atoms with E-state index in [-0.39, 0.29) is 0 Å². The summed E-state index contributed by atoms with van der Waals surface area (Å²) in [5, 5.41) is 3.43. The molecule has 0 atom stereocenters. The summed E-state index contributed by atoms with van der Waals surface area (Å²) in [5.41, 5.74) is 10.6. The second-order valence-electron chi connectivity index (χ2n) is 3.31. The zero-order valence-electron chi connectivity index (χ0n) is 8.93. The monoisotopic (exact) mass is 201 g/mol. The van der Waals surface area contributed by atoms with Crippen LogP contribution in [-0.4, -0.2) is 6.54 Å². The first kappa shape index (κ1) is 11.3. The Balaban J connectivity index is 2.55. The summed E-state index contributed by atoms with van der Waals surface area (Å²) in [7, 11) is 0. The first-order valence-electron chi connectivity index (χ1n) is 5.13. The highest BCUT2D eigenvalue weighted by Gasteiger charge is 1.90. The van der Waals surface area contributed by atoms with Gasteiger partial charge in [-0.15, -0.1) is 0 Å². The standard InChI is InChI=1S/C12H15N3/c1-2-4-11-6-8-12(9-7-11)5-3-10-14-15-13/h3,5-9H,2,4,10H2,1H3. The van der Waals surface area contributed by atoms with Crippen molar-refractivity contribution in [3.8, 4) is 0 Å². The average Bonchev–Trinajstić information content (AvgIpc) is 2.27. The van der Waals surface area contributed by atoms with Gasteiger partial charge in [-0.25, -0.2) is 0 Å². The van der Waals surface area contributed by atoms with Gasteiger partial charge >= 0.3 is 0 Å². The van der Waals surface area contributed by atoms with Gasteiger partial charge in [-0.1, -0.05) is 54.9 Å². The number of nitrogens with zero attached hydrogens (tertiary/aromatic N) is 3. The molecule has 1 rings (SSSR count). The maximum absolute atomic E-state index is 8.08. The molecule has 0 fully saturated rings. The van der Waals surface area contributed by atoms with Gasteiger partial charge in [0.25, 0.3) is 0 Å². The van der Waals surface area contributed by atoms with Crippen molar-refractivity contribution in [1.29, 1.82) is 0 Å². The molecule has 0 saturated carbocycles. The fourth-order valence-corrected chi connectivity index (χ4v) is 1.36. The molecule has 0 amide bonds. The summed E-state index contributed by atoms with van der Waals surface area (Å²) in [6.07, 6.45) is 6.12. The van der Waals surface area contributed by atoms with Crippen LogP contribution < -0.4 is 0 Å². The van der Waals surface area contributed by atoms with E-state index in [0.29, 0.717) is 6.54 Å². The lowest BCUT2D eigenvalue weighted by atomic mass is 10.1. The van der Waals surface area contributed by atoms with E-state index in [0.717, 1.165) is 12.0 Å². The lowest BCUT2D eigenvalue weighted by molar-refractivity contribution is 0.922. The van der Waals surface area contributed by atoms with Crippen molar-refractivity contribution >= 4 is 6.08 Å². The second kappa shape index (κ2) is 6.68. The molecule has 0 spiro atoms. The van der Waals surface area contributed by atoms with Crippen LogP contribution in [-0.2, 0) is 6.42 Å². The Morgan fingerprint density at radius 1 is 1.33 bits per heavy atom. The molecule has 0 aliphatic heterocycles. The van der Waals surface area contributed by atoms with E-state index in [1.54, 1.807) is 0 Å². The molecular formula is C12H15N3. The fraction of sp³-hybridized carbons (Fsp3) is 0.333. The number of azide groups is 1. The molecular weight excluding hydrogens is 186 g/mol. The Hall–Kier alpha value is -1.73. The van der Waals surface area contributed by atoms with Gasteiger partial charge in [-0.3, -0.25) is 0 Å². The van der Waals surface area contributed by atoms with Crippen molar-refractivity contribution < 1.29 is 0 Å². The van der Waals surface area contributed by atoms with E-state index in [2.05, 4.69) is 41.2 Å². The first-order valence-corrected chi connectivity index (χ1v) is 5.13. The summed E-state index contributed by atoms with van der Waals surface area (Å²) in [4.78, 5) is 2.68. The Labute approximate surface area is 90.1 Å². The highest BCUT2D eigenvalue weighted by Crippen LogP contribution is 2.07. The van der Waals surface area contributed by atoms with Crippen molar-refractivity contribution in [1.82, 2.24) is 0 Å². The van der Waals surface area contributed by atoms with Gasteiger partial charge in [-0.05, 0) is 23.1 Å². The first-order chi connectivity index (χ1) is 7.36. The van der Waals surface area contributed by atoms with Gasteiger partial charge in [-0.2, -0.15) is 0 Å². The highest BCUT2D eigenvalue weighted by atomic mass is 15.1. The van der Waals surface area contributed by atoms with Crippen LogP contribution in [0.2, 0.25) is 0 Å². The molecule has 0 radical (unpaired) electrons. The molecule has 3 nitrogen and oxygen atoms in total. The van der Waals surface area contributed by atoms with Crippen LogP contribution in [0, 0.1) is 0 Å². The Morgan fingerprint density at radius 3 is 2.67 bits per heavy atom. The number of aryl methyl sites for hydroxylation is 1. The number of benzene rings is 1. The average molecular weight is 201 g/mol. The molecule has 78 valence electrons. The van der Waals surface area contributed by atoms with Gasteiger partial charge in [0.15, 0.2) is 0 Å². The van der Waals surface area contributed by atoms with Crippen LogP contribution in [0.1, 0.15) is 24.5 Å². The molecule has 0 bridgehead atoms. The minimum absolute atomic E-state index is 0.410. The molecule has 15 heavy (non-hydrogen) atoms. The fourth-order valence-electron chi connectivity index (χ4n) is 1.36. The summed E-state index contributed by atoms with van der Waals surface area (Å²) in [6, 6.07) is 8.43. The van der Waals surface area contributed by atoms with Crippen molar-refractivity contribution in [2.45, 2.75) is 19.8 Å². The zero-order chi connectivity index (χ0) is 10.9. The van der Waals surface area contributed by atoms with Crippen LogP contribution >= 0.6 is 0 Å². The van der Waals surface area contributed by atoms with E-state index in [4.69, 9.17) is 5.53 Å². The van der Waals surface area contributed by atoms with Crippen LogP contribution in [0.25, 0.3) is 16.5 Å². The molecule has 0 heterocycles. The maximum Gasteiger partial charge on any atom is 0.0443 e. The van der Waals surface area contributed by atoms with Gasteiger partial charge in [0.1, 0.15) is 0 Å². The summed E-state index contributed by atoms with van der Waals surface area (Å²) in [5.74, 6) is 0. The van der Waals surface area contributed by atoms with Crippen molar-refractivity contribution in [3.05, 3.63) is 51.9 Å². The smallest absolute Gasteiger partial charge is 0.0443 e. The Morgan fingerprint density at radius 2 is 2.07 bits per heavy atom. The van der Waals surface area contributed by atoms with Crippen molar-refractivity contribution in [3.63, 3.8) is 0 Å². The van der Waals surface area contributed by atoms with Crippen LogP contribution in [0.15, 0.2) is 35.5 Å². The molecule has 1 aromatic carbocycles. The normalized spacial score (nSPS) is 10.2. The number of hydrogen-bond donors (Lipinski definition) is 0. The molecule has 0 aliphatic rings. The third-order valence-corrected chi connectivity index (χ3v) is 2.08. The van der Waals surface area contributed by atoms with Gasteiger partial charge in [0, 0.05) is 11.5 Å². The third kappa shape index (κ3) is 4.34. The highest BCUT2D eigenvalue weighted by molar-refractivity contribution is 5.49. The molecule has 3 heteroatoms. The lowest BCUT2D eigenvalue weighted by Crippen LogP contribution is -1.82. The summed E-state index contributed by atoms with van der Waals surface area (Å²) < 4.78 is 0. The molecule has 1 aromatic rings. The van der Waals surface area contributed by atoms with Crippen LogP contribution in [0.4, 0.5) is 0 Å². The number of hydrogen-bond acceptors (Lipinski definition) is 1. The second-order valence-corrected chi connectivity index (χ2v) is 3.31. The molecule has 0 saturated heterocycles. The lowest BCUT2D eigenvalue weighted by Gasteiger charge is -1.98. The van der Waals surface area contributed by atoms with E-state index >= 15 is 0 Å². The molecule has 0 N–H and O–H groups in total. The van der Waals surface area contributed by atoms with E-state index in [9.17, 15) is 0 Å². The molecule has 0 aromatic heterocycles. The Kier molecular flexibility index (Phi) is 5.06. The maximum atomic E-state index is 8.08. The quantitative estimate of drug-likeness (QED) is 0.393. The number of rotatable bonds is 5. The summed E-state index contributed by atoms with van der Waals surface area (Å²) >= 11 is 0. The molecule has 0 aliphatic carbocycles. The molecule has 0 unspecified atom stereocenters. The van der Waals surface area contributed by atoms with Crippen LogP contribution in [0.5, 0.6) is 0 Å². The van der Waals surface area contributed by atoms with Gasteiger partial charge < -0.3 is 0 Å². The predicted octanol–water partition coefficient (Wildman–Crippen LogP) is 3.96. The SMILES string of the molecule is CCCc1ccc(C=CCN=[N+]=[N-])cc1. The Bertz CT molecular complexity index is 359. The van der Waals surface area contributed by atoms with Gasteiger partial charge in [0.05, 0.1) is 0 Å². The largest absolute Gasteiger partial charge is 0.0899 e. The van der Waals surface area contributed by atoms with E-state index in [1.807, 2.05) is 12.2 Å². The predicted molar refractivity (Wildman–Crippen MR) is 63.5 cm³/mol. The van der Waals surface area contributed by atoms with Gasteiger partial charge in [0.2, 0.25) is 0 Å². The van der Waals surface area contributed by atoms with Crippen LogP contribution in [0.3, 0.4) is 0 Å². The van der Waals surface area contributed by atoms with E-state index < -0.39 is 0 Å².